The Balaban J connectivity index is 1.95. The number of carbonyl (C=O) groups is 2. The van der Waals surface area contributed by atoms with Crippen LogP contribution >= 0.6 is 11.6 Å². The Hall–Kier alpha value is -2.73. The number of amides is 1. The summed E-state index contributed by atoms with van der Waals surface area (Å²) in [5, 5.41) is 3.33. The van der Waals surface area contributed by atoms with Crippen molar-refractivity contribution in [3.63, 3.8) is 0 Å². The molecule has 0 spiro atoms. The number of esters is 1. The van der Waals surface area contributed by atoms with Crippen molar-refractivity contribution in [2.45, 2.75) is 39.7 Å². The average molecular weight is 420 g/mol. The first-order valence-electron chi connectivity index (χ1n) is 9.29. The summed E-state index contributed by atoms with van der Waals surface area (Å²) < 4.78 is 16.0. The van der Waals surface area contributed by atoms with E-state index in [1.165, 1.54) is 14.0 Å². The second-order valence-corrected chi connectivity index (χ2v) is 7.31. The van der Waals surface area contributed by atoms with E-state index in [-0.39, 0.29) is 12.5 Å². The van der Waals surface area contributed by atoms with Gasteiger partial charge in [-0.2, -0.15) is 0 Å². The normalized spacial score (nSPS) is 11.7. The number of para-hydroxylation sites is 2. The van der Waals surface area contributed by atoms with Crippen molar-refractivity contribution in [2.24, 2.45) is 0 Å². The molecule has 0 unspecified atom stereocenters. The number of anilines is 1. The number of methoxy groups -OCH3 is 1. The van der Waals surface area contributed by atoms with Crippen LogP contribution < -0.4 is 14.8 Å². The molecule has 2 aromatic carbocycles. The molecule has 0 aromatic heterocycles. The molecule has 0 aliphatic heterocycles. The third kappa shape index (κ3) is 6.12. The van der Waals surface area contributed by atoms with Crippen LogP contribution in [0.5, 0.6) is 11.5 Å². The first kappa shape index (κ1) is 22.6. The van der Waals surface area contributed by atoms with Crippen molar-refractivity contribution in [1.29, 1.82) is 0 Å². The predicted octanol–water partition coefficient (Wildman–Crippen LogP) is 4.73. The van der Waals surface area contributed by atoms with Crippen LogP contribution in [-0.4, -0.2) is 31.7 Å². The predicted molar refractivity (Wildman–Crippen MR) is 113 cm³/mol. The lowest BCUT2D eigenvalue weighted by Crippen LogP contribution is -2.31. The topological polar surface area (TPSA) is 73.9 Å². The Labute approximate surface area is 176 Å². The van der Waals surface area contributed by atoms with Crippen molar-refractivity contribution < 1.29 is 23.8 Å². The number of ether oxygens (including phenoxy) is 3. The molecule has 0 saturated heterocycles. The van der Waals surface area contributed by atoms with Crippen LogP contribution in [-0.2, 0) is 14.3 Å². The molecular formula is C22H26ClNO5. The highest BCUT2D eigenvalue weighted by Crippen LogP contribution is 2.32. The van der Waals surface area contributed by atoms with E-state index in [0.29, 0.717) is 22.2 Å². The largest absolute Gasteiger partial charge is 0.495 e. The molecule has 0 radical (unpaired) electrons. The van der Waals surface area contributed by atoms with Gasteiger partial charge < -0.3 is 19.5 Å². The lowest BCUT2D eigenvalue weighted by molar-refractivity contribution is -0.155. The second kappa shape index (κ2) is 10.2. The van der Waals surface area contributed by atoms with Gasteiger partial charge in [0, 0.05) is 5.02 Å². The van der Waals surface area contributed by atoms with Crippen LogP contribution in [0, 0.1) is 6.92 Å². The quantitative estimate of drug-likeness (QED) is 0.626. The molecule has 1 amide bonds. The minimum atomic E-state index is -0.993. The molecule has 1 N–H and O–H groups in total. The van der Waals surface area contributed by atoms with Crippen LogP contribution in [0.3, 0.4) is 0 Å². The molecule has 2 aromatic rings. The lowest BCUT2D eigenvalue weighted by Gasteiger charge is -2.17. The Kier molecular flexibility index (Phi) is 7.91. The van der Waals surface area contributed by atoms with Crippen LogP contribution in [0.15, 0.2) is 36.4 Å². The molecule has 0 bridgehead atoms. The van der Waals surface area contributed by atoms with Gasteiger partial charge in [0.1, 0.15) is 11.5 Å². The van der Waals surface area contributed by atoms with E-state index in [1.54, 1.807) is 30.3 Å². The molecule has 1 atom stereocenters. The fourth-order valence-corrected chi connectivity index (χ4v) is 2.82. The van der Waals surface area contributed by atoms with E-state index in [1.807, 2.05) is 26.8 Å². The smallest absolute Gasteiger partial charge is 0.344 e. The summed E-state index contributed by atoms with van der Waals surface area (Å²) in [5.74, 6) is 0.153. The summed E-state index contributed by atoms with van der Waals surface area (Å²) in [6.45, 7) is 7.07. The van der Waals surface area contributed by atoms with Crippen molar-refractivity contribution in [1.82, 2.24) is 0 Å². The molecule has 0 heterocycles. The fraction of sp³-hybridized carbons (Fsp3) is 0.364. The van der Waals surface area contributed by atoms with Crippen molar-refractivity contribution in [3.8, 4) is 11.5 Å². The van der Waals surface area contributed by atoms with Gasteiger partial charge in [-0.05, 0) is 55.2 Å². The summed E-state index contributed by atoms with van der Waals surface area (Å²) in [5.41, 5.74) is 2.25. The number of carbonyl (C=O) groups excluding carboxylic acids is 2. The van der Waals surface area contributed by atoms with Gasteiger partial charge >= 0.3 is 5.97 Å². The monoisotopic (exact) mass is 419 g/mol. The molecule has 2 rings (SSSR count). The van der Waals surface area contributed by atoms with E-state index < -0.39 is 18.0 Å². The number of aryl methyl sites for hydroxylation is 1. The van der Waals surface area contributed by atoms with Gasteiger partial charge in [0.25, 0.3) is 5.91 Å². The standard InChI is InChI=1S/C22H26ClNO5/c1-13(2)16-11-17(23)14(3)10-20(16)28-12-21(25)29-15(4)22(26)24-18-8-6-7-9-19(18)27-5/h6-11,13,15H,12H2,1-5H3,(H,24,26)/t15-/m0/s1. The molecule has 6 nitrogen and oxygen atoms in total. The maximum absolute atomic E-state index is 12.3. The Morgan fingerprint density at radius 2 is 1.79 bits per heavy atom. The zero-order chi connectivity index (χ0) is 21.6. The van der Waals surface area contributed by atoms with Crippen molar-refractivity contribution in [3.05, 3.63) is 52.5 Å². The highest BCUT2D eigenvalue weighted by atomic mass is 35.5. The highest BCUT2D eigenvalue weighted by molar-refractivity contribution is 6.31. The molecule has 0 saturated carbocycles. The van der Waals surface area contributed by atoms with Crippen molar-refractivity contribution in [2.75, 3.05) is 19.0 Å². The third-order valence-electron chi connectivity index (χ3n) is 4.30. The molecule has 29 heavy (non-hydrogen) atoms. The second-order valence-electron chi connectivity index (χ2n) is 6.90. The summed E-state index contributed by atoms with van der Waals surface area (Å²) in [6, 6.07) is 10.6. The first-order valence-corrected chi connectivity index (χ1v) is 9.67. The fourth-order valence-electron chi connectivity index (χ4n) is 2.65. The van der Waals surface area contributed by atoms with Gasteiger partial charge in [-0.1, -0.05) is 37.6 Å². The van der Waals surface area contributed by atoms with E-state index in [2.05, 4.69) is 5.32 Å². The zero-order valence-corrected chi connectivity index (χ0v) is 18.0. The lowest BCUT2D eigenvalue weighted by atomic mass is 10.0. The SMILES string of the molecule is COc1ccccc1NC(=O)[C@H](C)OC(=O)COc1cc(C)c(Cl)cc1C(C)C. The molecule has 156 valence electrons. The zero-order valence-electron chi connectivity index (χ0n) is 17.2. The van der Waals surface area contributed by atoms with Crippen LogP contribution in [0.1, 0.15) is 37.8 Å². The Morgan fingerprint density at radius 3 is 2.45 bits per heavy atom. The molecular weight excluding hydrogens is 394 g/mol. The van der Waals surface area contributed by atoms with Crippen LogP contribution in [0.25, 0.3) is 0 Å². The highest BCUT2D eigenvalue weighted by Gasteiger charge is 2.20. The average Bonchev–Trinajstić information content (AvgIpc) is 2.68. The van der Waals surface area contributed by atoms with Gasteiger partial charge in [0.05, 0.1) is 12.8 Å². The van der Waals surface area contributed by atoms with E-state index in [4.69, 9.17) is 25.8 Å². The molecule has 0 aliphatic rings. The van der Waals surface area contributed by atoms with Gasteiger partial charge in [-0.3, -0.25) is 4.79 Å². The maximum Gasteiger partial charge on any atom is 0.344 e. The van der Waals surface area contributed by atoms with Crippen LogP contribution in [0.2, 0.25) is 5.02 Å². The van der Waals surface area contributed by atoms with Crippen molar-refractivity contribution >= 4 is 29.2 Å². The minimum Gasteiger partial charge on any atom is -0.495 e. The number of halogens is 1. The van der Waals surface area contributed by atoms with Gasteiger partial charge in [0.15, 0.2) is 12.7 Å². The number of nitrogens with one attached hydrogen (secondary N) is 1. The summed E-state index contributed by atoms with van der Waals surface area (Å²) >= 11 is 6.18. The van der Waals surface area contributed by atoms with E-state index >= 15 is 0 Å². The first-order chi connectivity index (χ1) is 13.7. The van der Waals surface area contributed by atoms with E-state index in [9.17, 15) is 9.59 Å². The van der Waals surface area contributed by atoms with Crippen LogP contribution in [0.4, 0.5) is 5.69 Å². The Bertz CT molecular complexity index is 882. The number of hydrogen-bond donors (Lipinski definition) is 1. The van der Waals surface area contributed by atoms with E-state index in [0.717, 1.165) is 11.1 Å². The molecule has 7 heteroatoms. The Morgan fingerprint density at radius 1 is 1.10 bits per heavy atom. The number of benzene rings is 2. The summed E-state index contributed by atoms with van der Waals surface area (Å²) in [7, 11) is 1.51. The summed E-state index contributed by atoms with van der Waals surface area (Å²) in [6.07, 6.45) is -0.993. The minimum absolute atomic E-state index is 0.171. The summed E-state index contributed by atoms with van der Waals surface area (Å²) in [4.78, 5) is 24.5. The van der Waals surface area contributed by atoms with Gasteiger partial charge in [-0.25, -0.2) is 4.79 Å². The number of hydrogen-bond acceptors (Lipinski definition) is 5. The molecule has 0 aliphatic carbocycles. The molecule has 0 fully saturated rings. The third-order valence-corrected chi connectivity index (χ3v) is 4.71. The maximum atomic E-state index is 12.3. The number of rotatable bonds is 8. The van der Waals surface area contributed by atoms with Gasteiger partial charge in [-0.15, -0.1) is 0 Å². The van der Waals surface area contributed by atoms with Gasteiger partial charge in [0.2, 0.25) is 0 Å².